The van der Waals surface area contributed by atoms with Crippen LogP contribution in [0.4, 0.5) is 26.3 Å². The van der Waals surface area contributed by atoms with Gasteiger partial charge in [0.05, 0.1) is 0 Å². The summed E-state index contributed by atoms with van der Waals surface area (Å²) in [4.78, 5) is 0. The lowest BCUT2D eigenvalue weighted by atomic mass is 9.99. The van der Waals surface area contributed by atoms with E-state index in [1.165, 1.54) is 0 Å². The summed E-state index contributed by atoms with van der Waals surface area (Å²) in [5.74, 6) is -6.51. The first-order valence-electron chi connectivity index (χ1n) is 9.82. The Kier molecular flexibility index (Phi) is 6.93. The van der Waals surface area contributed by atoms with Crippen LogP contribution in [0.2, 0.25) is 0 Å². The minimum atomic E-state index is -4.44. The van der Waals surface area contributed by atoms with Crippen molar-refractivity contribution in [2.45, 2.75) is 38.7 Å². The number of hydrogen-bond donors (Lipinski definition) is 0. The first-order valence-corrected chi connectivity index (χ1v) is 9.82. The van der Waals surface area contributed by atoms with Gasteiger partial charge in [0.25, 0.3) is 0 Å². The molecule has 0 spiro atoms. The maximum atomic E-state index is 14.5. The molecule has 0 N–H and O–H groups in total. The minimum absolute atomic E-state index is 0.0856. The molecular formula is C24H20F6O. The molecule has 0 aliphatic rings. The Balaban J connectivity index is 1.84. The summed E-state index contributed by atoms with van der Waals surface area (Å²) in [5, 5.41) is 0. The van der Waals surface area contributed by atoms with Crippen molar-refractivity contribution in [2.24, 2.45) is 0 Å². The molecule has 0 unspecified atom stereocenters. The summed E-state index contributed by atoms with van der Waals surface area (Å²) in [5.41, 5.74) is 0.00862. The highest BCUT2D eigenvalue weighted by molar-refractivity contribution is 5.64. The molecule has 164 valence electrons. The third-order valence-electron chi connectivity index (χ3n) is 4.83. The Bertz CT molecular complexity index is 1020. The van der Waals surface area contributed by atoms with Crippen LogP contribution in [0.25, 0.3) is 11.1 Å². The molecular weight excluding hydrogens is 418 g/mol. The number of hydrogen-bond acceptors (Lipinski definition) is 1. The van der Waals surface area contributed by atoms with Crippen LogP contribution in [-0.2, 0) is 12.5 Å². The van der Waals surface area contributed by atoms with Gasteiger partial charge < -0.3 is 4.74 Å². The topological polar surface area (TPSA) is 9.23 Å². The molecule has 7 heteroatoms. The second-order valence-corrected chi connectivity index (χ2v) is 7.16. The van der Waals surface area contributed by atoms with Crippen molar-refractivity contribution < 1.29 is 31.1 Å². The minimum Gasteiger partial charge on any atom is -0.429 e. The zero-order chi connectivity index (χ0) is 22.6. The quantitative estimate of drug-likeness (QED) is 0.258. The molecule has 0 amide bonds. The molecule has 1 nitrogen and oxygen atoms in total. The molecule has 3 rings (SSSR count). The van der Waals surface area contributed by atoms with E-state index in [1.54, 1.807) is 12.1 Å². The van der Waals surface area contributed by atoms with Crippen LogP contribution in [0.15, 0.2) is 54.6 Å². The molecule has 0 fully saturated rings. The highest BCUT2D eigenvalue weighted by Crippen LogP contribution is 2.37. The fourth-order valence-electron chi connectivity index (χ4n) is 3.20. The Hall–Kier alpha value is -2.96. The van der Waals surface area contributed by atoms with E-state index < -0.39 is 40.7 Å². The second-order valence-electron chi connectivity index (χ2n) is 7.16. The Morgan fingerprint density at radius 1 is 0.710 bits per heavy atom. The van der Waals surface area contributed by atoms with Gasteiger partial charge in [-0.25, -0.2) is 17.6 Å². The fraction of sp³-hybridized carbons (Fsp3) is 0.250. The molecule has 0 atom stereocenters. The molecule has 0 bridgehead atoms. The molecule has 0 aromatic heterocycles. The van der Waals surface area contributed by atoms with Crippen LogP contribution in [0.1, 0.15) is 37.3 Å². The van der Waals surface area contributed by atoms with E-state index in [2.05, 4.69) is 11.7 Å². The summed E-state index contributed by atoms with van der Waals surface area (Å²) in [6.45, 7) is 2.10. The van der Waals surface area contributed by atoms with E-state index in [1.807, 2.05) is 12.1 Å². The van der Waals surface area contributed by atoms with Crippen molar-refractivity contribution in [1.82, 2.24) is 0 Å². The predicted molar refractivity (Wildman–Crippen MR) is 106 cm³/mol. The van der Waals surface area contributed by atoms with E-state index in [0.717, 1.165) is 49.4 Å². The summed E-state index contributed by atoms with van der Waals surface area (Å²) in [6, 6.07) is 10.2. The van der Waals surface area contributed by atoms with Gasteiger partial charge in [0, 0.05) is 6.07 Å². The fourth-order valence-corrected chi connectivity index (χ4v) is 3.20. The van der Waals surface area contributed by atoms with Gasteiger partial charge in [-0.1, -0.05) is 44.0 Å². The molecule has 0 radical (unpaired) electrons. The molecule has 31 heavy (non-hydrogen) atoms. The van der Waals surface area contributed by atoms with Gasteiger partial charge in [-0.15, -0.1) is 0 Å². The van der Waals surface area contributed by atoms with Crippen molar-refractivity contribution in [3.05, 3.63) is 89.0 Å². The average molecular weight is 438 g/mol. The largest absolute Gasteiger partial charge is 0.432 e. The van der Waals surface area contributed by atoms with Crippen molar-refractivity contribution in [3.8, 4) is 16.9 Å². The smallest absolute Gasteiger partial charge is 0.429 e. The number of alkyl halides is 2. The average Bonchev–Trinajstić information content (AvgIpc) is 2.70. The Morgan fingerprint density at radius 2 is 1.35 bits per heavy atom. The maximum Gasteiger partial charge on any atom is 0.432 e. The molecule has 0 aliphatic heterocycles. The van der Waals surface area contributed by atoms with Crippen LogP contribution in [0.3, 0.4) is 0 Å². The van der Waals surface area contributed by atoms with Crippen molar-refractivity contribution in [2.75, 3.05) is 0 Å². The summed E-state index contributed by atoms with van der Waals surface area (Å²) in [6.07, 6.45) is -0.349. The van der Waals surface area contributed by atoms with Crippen LogP contribution in [-0.4, -0.2) is 0 Å². The number of rotatable bonds is 8. The lowest BCUT2D eigenvalue weighted by Crippen LogP contribution is -2.25. The van der Waals surface area contributed by atoms with Crippen LogP contribution in [0.5, 0.6) is 5.75 Å². The number of aryl methyl sites for hydroxylation is 1. The van der Waals surface area contributed by atoms with Gasteiger partial charge in [0.2, 0.25) is 0 Å². The van der Waals surface area contributed by atoms with E-state index in [-0.39, 0.29) is 5.56 Å². The van der Waals surface area contributed by atoms with E-state index in [9.17, 15) is 26.3 Å². The Labute approximate surface area is 176 Å². The monoisotopic (exact) mass is 438 g/mol. The van der Waals surface area contributed by atoms with Gasteiger partial charge in [-0.3, -0.25) is 0 Å². The molecule has 0 saturated heterocycles. The van der Waals surface area contributed by atoms with Crippen LogP contribution < -0.4 is 4.74 Å². The summed E-state index contributed by atoms with van der Waals surface area (Å²) < 4.78 is 88.3. The van der Waals surface area contributed by atoms with Gasteiger partial charge in [0.1, 0.15) is 22.9 Å². The Morgan fingerprint density at radius 3 is 1.94 bits per heavy atom. The van der Waals surface area contributed by atoms with Crippen molar-refractivity contribution in [1.29, 1.82) is 0 Å². The summed E-state index contributed by atoms with van der Waals surface area (Å²) >= 11 is 0. The standard InChI is InChI=1S/C24H20F6O/c1-2-3-4-5-15-6-8-16(9-7-15)17-12-21(27)23(22(28)13-17)24(29,30)31-18-10-11-19(25)20(26)14-18/h6-14H,2-5H2,1H3. The highest BCUT2D eigenvalue weighted by atomic mass is 19.3. The SMILES string of the molecule is CCCCCc1ccc(-c2cc(F)c(C(F)(F)Oc3ccc(F)c(F)c3)c(F)c2)cc1. The second kappa shape index (κ2) is 9.45. The molecule has 0 heterocycles. The molecule has 3 aromatic carbocycles. The third kappa shape index (κ3) is 5.40. The summed E-state index contributed by atoms with van der Waals surface area (Å²) in [7, 11) is 0. The maximum absolute atomic E-state index is 14.5. The van der Waals surface area contributed by atoms with E-state index in [4.69, 9.17) is 0 Å². The lowest BCUT2D eigenvalue weighted by Gasteiger charge is -2.20. The van der Waals surface area contributed by atoms with Crippen LogP contribution >= 0.6 is 0 Å². The number of benzene rings is 3. The molecule has 3 aromatic rings. The first-order chi connectivity index (χ1) is 14.7. The van der Waals surface area contributed by atoms with Crippen LogP contribution in [0, 0.1) is 23.3 Å². The molecule has 0 aliphatic carbocycles. The third-order valence-corrected chi connectivity index (χ3v) is 4.83. The van der Waals surface area contributed by atoms with Crippen molar-refractivity contribution in [3.63, 3.8) is 0 Å². The van der Waals surface area contributed by atoms with Gasteiger partial charge in [0.15, 0.2) is 11.6 Å². The zero-order valence-electron chi connectivity index (χ0n) is 16.7. The number of ether oxygens (including phenoxy) is 1. The van der Waals surface area contributed by atoms with Crippen molar-refractivity contribution >= 4 is 0 Å². The van der Waals surface area contributed by atoms with Gasteiger partial charge in [-0.2, -0.15) is 8.78 Å². The predicted octanol–water partition coefficient (Wildman–Crippen LogP) is 7.77. The number of unbranched alkanes of at least 4 members (excludes halogenated alkanes) is 2. The van der Waals surface area contributed by atoms with Gasteiger partial charge >= 0.3 is 6.11 Å². The number of halogens is 6. The van der Waals surface area contributed by atoms with E-state index in [0.29, 0.717) is 17.7 Å². The molecule has 0 saturated carbocycles. The zero-order valence-corrected chi connectivity index (χ0v) is 16.7. The lowest BCUT2D eigenvalue weighted by molar-refractivity contribution is -0.189. The first kappa shape index (κ1) is 22.7. The highest BCUT2D eigenvalue weighted by Gasteiger charge is 2.41. The van der Waals surface area contributed by atoms with Gasteiger partial charge in [-0.05, 0) is 53.8 Å². The normalized spacial score (nSPS) is 11.6. The van der Waals surface area contributed by atoms with E-state index >= 15 is 0 Å².